The van der Waals surface area contributed by atoms with Crippen LogP contribution in [0.5, 0.6) is 0 Å². The molecule has 1 atom stereocenters. The number of rotatable bonds is 7. The molecule has 0 aliphatic rings. The molecule has 3 heterocycles. The van der Waals surface area contributed by atoms with Crippen LogP contribution in [-0.2, 0) is 17.9 Å². The predicted molar refractivity (Wildman–Crippen MR) is 103 cm³/mol. The van der Waals surface area contributed by atoms with E-state index in [9.17, 15) is 14.3 Å². The average molecular weight is 400 g/mol. The molecule has 28 heavy (non-hydrogen) atoms. The Bertz CT molecular complexity index is 1120. The highest BCUT2D eigenvalue weighted by Gasteiger charge is 2.14. The third kappa shape index (κ3) is 3.86. The number of fused-ring (bicyclic) bond motifs is 1. The number of hydrogen-bond donors (Lipinski definition) is 1. The van der Waals surface area contributed by atoms with Crippen molar-refractivity contribution in [3.8, 4) is 5.69 Å². The standard InChI is InChI=1S/C19H17FN4O3S/c20-13-3-5-14(6-4-13)24-18-17(8-22-24)19(26)23(12-21-18)9-15(25)10-27-11-16-2-1-7-28-16/h1-8,12,15,25H,9-11H2/t15-/m1/s1. The number of benzene rings is 1. The Morgan fingerprint density at radius 2 is 2.07 bits per heavy atom. The molecule has 3 aromatic heterocycles. The molecule has 1 N–H and O–H groups in total. The Labute approximate surface area is 163 Å². The Morgan fingerprint density at radius 1 is 1.25 bits per heavy atom. The van der Waals surface area contributed by atoms with E-state index in [1.54, 1.807) is 23.5 Å². The van der Waals surface area contributed by atoms with Crippen molar-refractivity contribution in [2.24, 2.45) is 0 Å². The van der Waals surface area contributed by atoms with E-state index in [4.69, 9.17) is 4.74 Å². The largest absolute Gasteiger partial charge is 0.389 e. The Hall–Kier alpha value is -2.88. The van der Waals surface area contributed by atoms with Crippen molar-refractivity contribution in [3.05, 3.63) is 75.4 Å². The van der Waals surface area contributed by atoms with Gasteiger partial charge in [-0.3, -0.25) is 9.36 Å². The molecule has 4 aromatic rings. The molecule has 144 valence electrons. The Kier molecular flexibility index (Phi) is 5.29. The van der Waals surface area contributed by atoms with Gasteiger partial charge in [0.25, 0.3) is 5.56 Å². The van der Waals surface area contributed by atoms with Gasteiger partial charge in [-0.05, 0) is 35.7 Å². The first kappa shape index (κ1) is 18.5. The topological polar surface area (TPSA) is 82.2 Å². The molecular weight excluding hydrogens is 383 g/mol. The van der Waals surface area contributed by atoms with E-state index in [0.717, 1.165) is 4.88 Å². The monoisotopic (exact) mass is 400 g/mol. The molecule has 9 heteroatoms. The minimum atomic E-state index is -0.843. The fourth-order valence-electron chi connectivity index (χ4n) is 2.82. The van der Waals surface area contributed by atoms with Crippen LogP contribution in [0.15, 0.2) is 59.1 Å². The zero-order chi connectivity index (χ0) is 19.5. The first-order valence-corrected chi connectivity index (χ1v) is 9.47. The van der Waals surface area contributed by atoms with Crippen molar-refractivity contribution in [2.75, 3.05) is 6.61 Å². The third-order valence-electron chi connectivity index (χ3n) is 4.17. The lowest BCUT2D eigenvalue weighted by Crippen LogP contribution is -2.29. The number of ether oxygens (including phenoxy) is 1. The quantitative estimate of drug-likeness (QED) is 0.515. The van der Waals surface area contributed by atoms with Crippen LogP contribution in [0.3, 0.4) is 0 Å². The van der Waals surface area contributed by atoms with Gasteiger partial charge in [-0.15, -0.1) is 11.3 Å². The zero-order valence-corrected chi connectivity index (χ0v) is 15.6. The van der Waals surface area contributed by atoms with E-state index in [2.05, 4.69) is 10.1 Å². The molecule has 0 fully saturated rings. The number of aliphatic hydroxyl groups excluding tert-OH is 1. The molecule has 1 aromatic carbocycles. The number of nitrogens with zero attached hydrogens (tertiary/aromatic N) is 4. The van der Waals surface area contributed by atoms with Gasteiger partial charge in [-0.1, -0.05) is 6.07 Å². The van der Waals surface area contributed by atoms with E-state index in [0.29, 0.717) is 23.3 Å². The van der Waals surface area contributed by atoms with Gasteiger partial charge in [0.05, 0.1) is 37.7 Å². The number of halogens is 1. The second-order valence-corrected chi connectivity index (χ2v) is 7.25. The van der Waals surface area contributed by atoms with E-state index in [1.165, 1.54) is 33.9 Å². The summed E-state index contributed by atoms with van der Waals surface area (Å²) in [5, 5.41) is 16.6. The van der Waals surface area contributed by atoms with Crippen LogP contribution in [0, 0.1) is 5.82 Å². The molecule has 7 nitrogen and oxygen atoms in total. The highest BCUT2D eigenvalue weighted by Crippen LogP contribution is 2.14. The van der Waals surface area contributed by atoms with Gasteiger partial charge in [0.15, 0.2) is 5.65 Å². The summed E-state index contributed by atoms with van der Waals surface area (Å²) in [4.78, 5) is 18.0. The van der Waals surface area contributed by atoms with Crippen molar-refractivity contribution in [2.45, 2.75) is 19.3 Å². The Morgan fingerprint density at radius 3 is 2.82 bits per heavy atom. The van der Waals surface area contributed by atoms with Gasteiger partial charge in [0.2, 0.25) is 0 Å². The second kappa shape index (κ2) is 8.01. The number of aromatic nitrogens is 4. The molecule has 0 aliphatic heterocycles. The van der Waals surface area contributed by atoms with Crippen LogP contribution in [0.25, 0.3) is 16.7 Å². The molecule has 0 amide bonds. The minimum absolute atomic E-state index is 0.0634. The molecule has 0 aliphatic carbocycles. The summed E-state index contributed by atoms with van der Waals surface area (Å²) in [6.45, 7) is 0.594. The highest BCUT2D eigenvalue weighted by molar-refractivity contribution is 7.09. The van der Waals surface area contributed by atoms with E-state index in [-0.39, 0.29) is 24.5 Å². The second-order valence-electron chi connectivity index (χ2n) is 6.22. The fraction of sp³-hybridized carbons (Fsp3) is 0.211. The van der Waals surface area contributed by atoms with E-state index < -0.39 is 6.10 Å². The third-order valence-corrected chi connectivity index (χ3v) is 5.02. The summed E-state index contributed by atoms with van der Waals surface area (Å²) in [6, 6.07) is 9.64. The van der Waals surface area contributed by atoms with Crippen LogP contribution in [0.2, 0.25) is 0 Å². The smallest absolute Gasteiger partial charge is 0.264 e. The van der Waals surface area contributed by atoms with Gasteiger partial charge >= 0.3 is 0 Å². The summed E-state index contributed by atoms with van der Waals surface area (Å²) in [5.41, 5.74) is 0.662. The molecule has 0 saturated heterocycles. The van der Waals surface area contributed by atoms with E-state index >= 15 is 0 Å². The molecule has 0 unspecified atom stereocenters. The zero-order valence-electron chi connectivity index (χ0n) is 14.7. The van der Waals surface area contributed by atoms with Gasteiger partial charge in [-0.2, -0.15) is 5.10 Å². The van der Waals surface area contributed by atoms with Crippen LogP contribution in [-0.4, -0.2) is 37.1 Å². The van der Waals surface area contributed by atoms with Gasteiger partial charge in [-0.25, -0.2) is 14.1 Å². The van der Waals surface area contributed by atoms with Crippen LogP contribution in [0.4, 0.5) is 4.39 Å². The molecular formula is C19H17FN4O3S. The molecule has 0 radical (unpaired) electrons. The first-order chi connectivity index (χ1) is 13.6. The van der Waals surface area contributed by atoms with Gasteiger partial charge in [0.1, 0.15) is 17.5 Å². The number of thiophene rings is 1. The maximum Gasteiger partial charge on any atom is 0.264 e. The first-order valence-electron chi connectivity index (χ1n) is 8.59. The predicted octanol–water partition coefficient (Wildman–Crippen LogP) is 2.36. The summed E-state index contributed by atoms with van der Waals surface area (Å²) < 4.78 is 21.4. The van der Waals surface area contributed by atoms with Crippen LogP contribution in [0.1, 0.15) is 4.88 Å². The molecule has 0 spiro atoms. The van der Waals surface area contributed by atoms with E-state index in [1.807, 2.05) is 17.5 Å². The van der Waals surface area contributed by atoms with Crippen molar-refractivity contribution >= 4 is 22.4 Å². The Balaban J connectivity index is 1.48. The van der Waals surface area contributed by atoms with Gasteiger partial charge < -0.3 is 9.84 Å². The van der Waals surface area contributed by atoms with Crippen molar-refractivity contribution < 1.29 is 14.2 Å². The summed E-state index contributed by atoms with van der Waals surface area (Å²) in [6.07, 6.45) is 1.95. The van der Waals surface area contributed by atoms with Crippen molar-refractivity contribution in [1.29, 1.82) is 0 Å². The maximum atomic E-state index is 13.1. The van der Waals surface area contributed by atoms with Gasteiger partial charge in [0, 0.05) is 4.88 Å². The minimum Gasteiger partial charge on any atom is -0.389 e. The summed E-state index contributed by atoms with van der Waals surface area (Å²) in [7, 11) is 0. The van der Waals surface area contributed by atoms with Crippen LogP contribution < -0.4 is 5.56 Å². The highest BCUT2D eigenvalue weighted by atomic mass is 32.1. The lowest BCUT2D eigenvalue weighted by atomic mass is 10.3. The molecule has 4 rings (SSSR count). The molecule has 0 saturated carbocycles. The fourth-order valence-corrected chi connectivity index (χ4v) is 3.46. The molecule has 0 bridgehead atoms. The maximum absolute atomic E-state index is 13.1. The van der Waals surface area contributed by atoms with Crippen LogP contribution >= 0.6 is 11.3 Å². The lowest BCUT2D eigenvalue weighted by Gasteiger charge is -2.12. The average Bonchev–Trinajstić information content (AvgIpc) is 3.35. The number of aliphatic hydroxyl groups is 1. The van der Waals surface area contributed by atoms with Crippen molar-refractivity contribution in [3.63, 3.8) is 0 Å². The SMILES string of the molecule is O=c1c2cnn(-c3ccc(F)cc3)c2ncn1C[C@@H](O)COCc1cccs1. The summed E-state index contributed by atoms with van der Waals surface area (Å²) >= 11 is 1.58. The number of hydrogen-bond acceptors (Lipinski definition) is 6. The normalized spacial score (nSPS) is 12.5. The summed E-state index contributed by atoms with van der Waals surface area (Å²) in [5.74, 6) is -0.356. The lowest BCUT2D eigenvalue weighted by molar-refractivity contribution is 0.0207. The van der Waals surface area contributed by atoms with Crippen molar-refractivity contribution in [1.82, 2.24) is 19.3 Å².